The summed E-state index contributed by atoms with van der Waals surface area (Å²) in [5.41, 5.74) is 0. The van der Waals surface area contributed by atoms with Crippen molar-refractivity contribution in [1.82, 2.24) is 0 Å². The van der Waals surface area contributed by atoms with Gasteiger partial charge < -0.3 is 19.3 Å². The Morgan fingerprint density at radius 2 is 0.933 bits per heavy atom. The molecule has 0 amide bonds. The minimum atomic E-state index is -4.74. The Morgan fingerprint density at radius 1 is 0.556 bits per heavy atom. The molecule has 8 nitrogen and oxygen atoms in total. The minimum absolute atomic E-state index is 0.217. The second kappa shape index (κ2) is 31.6. The SMILES string of the molecule is CCCCCCCCCCCC(=O)O[C@H](COC(=O)CCCCCCCCCCCCCCCCCC(C)C)COP(=O)(O)O. The van der Waals surface area contributed by atoms with Gasteiger partial charge in [0.05, 0.1) is 6.61 Å². The van der Waals surface area contributed by atoms with E-state index in [4.69, 9.17) is 19.3 Å². The molecule has 0 aliphatic rings. The molecule has 0 aromatic carbocycles. The van der Waals surface area contributed by atoms with Gasteiger partial charge in [0, 0.05) is 12.8 Å². The zero-order valence-corrected chi connectivity index (χ0v) is 30.3. The van der Waals surface area contributed by atoms with E-state index in [1.165, 1.54) is 116 Å². The highest BCUT2D eigenvalue weighted by atomic mass is 31.2. The van der Waals surface area contributed by atoms with Crippen molar-refractivity contribution in [3.63, 3.8) is 0 Å². The van der Waals surface area contributed by atoms with Crippen LogP contribution in [0.15, 0.2) is 0 Å². The Kier molecular flexibility index (Phi) is 31.0. The molecule has 0 aromatic heterocycles. The molecule has 9 heteroatoms. The van der Waals surface area contributed by atoms with Gasteiger partial charge in [-0.25, -0.2) is 4.57 Å². The average molecular weight is 663 g/mol. The molecule has 0 radical (unpaired) electrons. The van der Waals surface area contributed by atoms with Crippen LogP contribution in [-0.4, -0.2) is 41.0 Å². The fourth-order valence-electron chi connectivity index (χ4n) is 5.50. The third-order valence-corrected chi connectivity index (χ3v) is 8.79. The molecule has 268 valence electrons. The molecule has 0 aromatic rings. The monoisotopic (exact) mass is 662 g/mol. The van der Waals surface area contributed by atoms with Crippen LogP contribution < -0.4 is 0 Å². The zero-order chi connectivity index (χ0) is 33.4. The van der Waals surface area contributed by atoms with E-state index in [9.17, 15) is 14.2 Å². The van der Waals surface area contributed by atoms with Gasteiger partial charge >= 0.3 is 19.8 Å². The quantitative estimate of drug-likeness (QED) is 0.0397. The summed E-state index contributed by atoms with van der Waals surface area (Å²) in [6.45, 7) is 6.01. The molecule has 0 saturated heterocycles. The van der Waals surface area contributed by atoms with E-state index in [2.05, 4.69) is 25.3 Å². The van der Waals surface area contributed by atoms with Gasteiger partial charge in [-0.1, -0.05) is 168 Å². The molecule has 0 unspecified atom stereocenters. The third-order valence-electron chi connectivity index (χ3n) is 8.30. The highest BCUT2D eigenvalue weighted by molar-refractivity contribution is 7.46. The first-order valence-electron chi connectivity index (χ1n) is 18.7. The summed E-state index contributed by atoms with van der Waals surface area (Å²) in [4.78, 5) is 42.5. The van der Waals surface area contributed by atoms with E-state index in [1.54, 1.807) is 0 Å². The van der Waals surface area contributed by atoms with Crippen molar-refractivity contribution in [2.24, 2.45) is 5.92 Å². The van der Waals surface area contributed by atoms with Crippen molar-refractivity contribution in [2.45, 2.75) is 200 Å². The first-order valence-corrected chi connectivity index (χ1v) is 20.2. The smallest absolute Gasteiger partial charge is 0.462 e. The number of rotatable bonds is 34. The molecule has 0 aliphatic heterocycles. The van der Waals surface area contributed by atoms with Crippen LogP contribution >= 0.6 is 7.82 Å². The number of carbonyl (C=O) groups excluding carboxylic acids is 2. The molecule has 2 N–H and O–H groups in total. The molecule has 0 fully saturated rings. The summed E-state index contributed by atoms with van der Waals surface area (Å²) in [5, 5.41) is 0. The topological polar surface area (TPSA) is 119 Å². The van der Waals surface area contributed by atoms with Gasteiger partial charge in [0.1, 0.15) is 6.61 Å². The van der Waals surface area contributed by atoms with Crippen molar-refractivity contribution in [1.29, 1.82) is 0 Å². The first-order chi connectivity index (χ1) is 21.6. The van der Waals surface area contributed by atoms with E-state index in [-0.39, 0.29) is 19.4 Å². The summed E-state index contributed by atoms with van der Waals surface area (Å²) in [6.07, 6.45) is 29.8. The standard InChI is InChI=1S/C36H71O8P/c1-4-5-6-7-8-16-21-24-27-30-36(38)44-34(32-43-45(39,40)41)31-42-35(37)29-26-23-20-18-15-13-11-9-10-12-14-17-19-22-25-28-33(2)3/h33-34H,4-32H2,1-3H3,(H2,39,40,41)/t34-/m1/s1. The van der Waals surface area contributed by atoms with Crippen LogP contribution in [0, 0.1) is 5.92 Å². The molecule has 0 heterocycles. The Hall–Kier alpha value is -0.950. The number of esters is 2. The summed E-state index contributed by atoms with van der Waals surface area (Å²) >= 11 is 0. The lowest BCUT2D eigenvalue weighted by Crippen LogP contribution is -2.29. The van der Waals surface area contributed by atoms with Crippen LogP contribution in [0.3, 0.4) is 0 Å². The number of unbranched alkanes of at least 4 members (excludes halogenated alkanes) is 22. The predicted molar refractivity (Wildman–Crippen MR) is 184 cm³/mol. The van der Waals surface area contributed by atoms with E-state index >= 15 is 0 Å². The lowest BCUT2D eigenvalue weighted by molar-refractivity contribution is -0.161. The number of hydrogen-bond acceptors (Lipinski definition) is 6. The third kappa shape index (κ3) is 35.7. The van der Waals surface area contributed by atoms with E-state index < -0.39 is 32.5 Å². The van der Waals surface area contributed by atoms with E-state index in [1.807, 2.05) is 0 Å². The van der Waals surface area contributed by atoms with Gasteiger partial charge in [-0.15, -0.1) is 0 Å². The van der Waals surface area contributed by atoms with Crippen LogP contribution in [-0.2, 0) is 28.2 Å². The molecule has 0 aliphatic carbocycles. The maximum absolute atomic E-state index is 12.3. The molecule has 1 atom stereocenters. The largest absolute Gasteiger partial charge is 0.469 e. The highest BCUT2D eigenvalue weighted by Crippen LogP contribution is 2.36. The Morgan fingerprint density at radius 3 is 1.33 bits per heavy atom. The van der Waals surface area contributed by atoms with Crippen molar-refractivity contribution < 1.29 is 37.9 Å². The maximum atomic E-state index is 12.3. The van der Waals surface area contributed by atoms with E-state index in [0.717, 1.165) is 44.4 Å². The van der Waals surface area contributed by atoms with Crippen molar-refractivity contribution in [3.05, 3.63) is 0 Å². The zero-order valence-electron chi connectivity index (χ0n) is 29.5. The summed E-state index contributed by atoms with van der Waals surface area (Å²) < 4.78 is 26.2. The van der Waals surface area contributed by atoms with Crippen LogP contribution in [0.4, 0.5) is 0 Å². The molecule has 0 spiro atoms. The summed E-state index contributed by atoms with van der Waals surface area (Å²) in [5.74, 6) is -0.0380. The number of phosphoric ester groups is 1. The molecular formula is C36H71O8P. The van der Waals surface area contributed by atoms with Crippen molar-refractivity contribution in [3.8, 4) is 0 Å². The van der Waals surface area contributed by atoms with Gasteiger partial charge in [-0.2, -0.15) is 0 Å². The Balaban J connectivity index is 3.85. The maximum Gasteiger partial charge on any atom is 0.469 e. The second-order valence-corrected chi connectivity index (χ2v) is 14.6. The summed E-state index contributed by atoms with van der Waals surface area (Å²) in [7, 11) is -4.74. The van der Waals surface area contributed by atoms with Crippen LogP contribution in [0.2, 0.25) is 0 Å². The van der Waals surface area contributed by atoms with Crippen LogP contribution in [0.5, 0.6) is 0 Å². The molecular weight excluding hydrogens is 591 g/mol. The van der Waals surface area contributed by atoms with Gasteiger partial charge in [0.2, 0.25) is 0 Å². The molecule has 45 heavy (non-hydrogen) atoms. The highest BCUT2D eigenvalue weighted by Gasteiger charge is 2.22. The normalized spacial score (nSPS) is 12.5. The molecule has 0 saturated carbocycles. The number of carbonyl (C=O) groups is 2. The van der Waals surface area contributed by atoms with E-state index in [0.29, 0.717) is 6.42 Å². The lowest BCUT2D eigenvalue weighted by Gasteiger charge is -2.18. The lowest BCUT2D eigenvalue weighted by atomic mass is 10.0. The Labute approximate surface area is 276 Å². The Bertz CT molecular complexity index is 724. The number of phosphoric acid groups is 1. The molecule has 0 rings (SSSR count). The van der Waals surface area contributed by atoms with Gasteiger partial charge in [0.15, 0.2) is 6.10 Å². The van der Waals surface area contributed by atoms with Gasteiger partial charge in [-0.05, 0) is 18.8 Å². The van der Waals surface area contributed by atoms with Crippen LogP contribution in [0.25, 0.3) is 0 Å². The van der Waals surface area contributed by atoms with Gasteiger partial charge in [0.25, 0.3) is 0 Å². The second-order valence-electron chi connectivity index (χ2n) is 13.4. The minimum Gasteiger partial charge on any atom is -0.462 e. The van der Waals surface area contributed by atoms with Crippen LogP contribution in [0.1, 0.15) is 194 Å². The number of ether oxygens (including phenoxy) is 2. The predicted octanol–water partition coefficient (Wildman–Crippen LogP) is 10.8. The first kappa shape index (κ1) is 44.0. The average Bonchev–Trinajstić information content (AvgIpc) is 2.98. The fourth-order valence-corrected chi connectivity index (χ4v) is 5.86. The van der Waals surface area contributed by atoms with Gasteiger partial charge in [-0.3, -0.25) is 14.1 Å². The summed E-state index contributed by atoms with van der Waals surface area (Å²) in [6, 6.07) is 0. The van der Waals surface area contributed by atoms with Crippen molar-refractivity contribution >= 4 is 19.8 Å². The fraction of sp³-hybridized carbons (Fsp3) is 0.944. The molecule has 0 bridgehead atoms. The van der Waals surface area contributed by atoms with Crippen molar-refractivity contribution in [2.75, 3.05) is 13.2 Å². The number of hydrogen-bond donors (Lipinski definition) is 2.